The Morgan fingerprint density at radius 3 is 2.43 bits per heavy atom. The monoisotopic (exact) mass is 289 g/mol. The van der Waals surface area contributed by atoms with Gasteiger partial charge in [-0.3, -0.25) is 0 Å². The Morgan fingerprint density at radius 1 is 1.10 bits per heavy atom. The number of ether oxygens (including phenoxy) is 2. The van der Waals surface area contributed by atoms with Crippen molar-refractivity contribution in [2.45, 2.75) is 62.9 Å². The molecule has 0 bridgehead atoms. The second kappa shape index (κ2) is 6.27. The van der Waals surface area contributed by atoms with Crippen molar-refractivity contribution in [2.75, 3.05) is 13.7 Å². The zero-order chi connectivity index (χ0) is 14.7. The van der Waals surface area contributed by atoms with E-state index in [1.54, 1.807) is 7.11 Å². The molecular formula is C18H27NO2. The average Bonchev–Trinajstić information content (AvgIpc) is 3.19. The van der Waals surface area contributed by atoms with Crippen LogP contribution in [-0.4, -0.2) is 19.8 Å². The number of rotatable bonds is 5. The van der Waals surface area contributed by atoms with Crippen LogP contribution < -0.4 is 15.2 Å². The maximum absolute atomic E-state index is 6.13. The molecule has 0 heterocycles. The lowest BCUT2D eigenvalue weighted by atomic mass is 9.79. The molecule has 3 nitrogen and oxygen atoms in total. The molecule has 0 amide bonds. The molecule has 116 valence electrons. The number of hydrogen-bond acceptors (Lipinski definition) is 3. The third kappa shape index (κ3) is 2.89. The minimum atomic E-state index is 0.152. The van der Waals surface area contributed by atoms with Gasteiger partial charge >= 0.3 is 0 Å². The minimum Gasteiger partial charge on any atom is -0.493 e. The predicted octanol–water partition coefficient (Wildman–Crippen LogP) is 3.79. The molecule has 21 heavy (non-hydrogen) atoms. The summed E-state index contributed by atoms with van der Waals surface area (Å²) in [6.45, 7) is 0.721. The van der Waals surface area contributed by atoms with Crippen LogP contribution in [0.25, 0.3) is 0 Å². The minimum absolute atomic E-state index is 0.152. The zero-order valence-corrected chi connectivity index (χ0v) is 13.1. The van der Waals surface area contributed by atoms with Crippen LogP contribution in [0.4, 0.5) is 0 Å². The molecule has 1 aromatic carbocycles. The van der Waals surface area contributed by atoms with Gasteiger partial charge in [-0.05, 0) is 56.2 Å². The van der Waals surface area contributed by atoms with Crippen LogP contribution in [0.2, 0.25) is 0 Å². The van der Waals surface area contributed by atoms with Crippen LogP contribution in [0.3, 0.4) is 0 Å². The first-order valence-electron chi connectivity index (χ1n) is 8.33. The number of hydrogen-bond donors (Lipinski definition) is 1. The lowest BCUT2D eigenvalue weighted by Crippen LogP contribution is -2.32. The molecule has 2 aliphatic rings. The third-order valence-corrected chi connectivity index (χ3v) is 5.32. The Labute approximate surface area is 127 Å². The molecule has 2 saturated carbocycles. The fourth-order valence-electron chi connectivity index (χ4n) is 3.94. The number of methoxy groups -OCH3 is 1. The van der Waals surface area contributed by atoms with Gasteiger partial charge < -0.3 is 15.2 Å². The zero-order valence-electron chi connectivity index (χ0n) is 13.1. The van der Waals surface area contributed by atoms with E-state index in [0.717, 1.165) is 30.9 Å². The Morgan fingerprint density at radius 2 is 1.81 bits per heavy atom. The molecular weight excluding hydrogens is 262 g/mol. The maximum atomic E-state index is 6.13. The van der Waals surface area contributed by atoms with Crippen LogP contribution in [-0.2, 0) is 5.41 Å². The molecule has 1 aromatic rings. The van der Waals surface area contributed by atoms with E-state index >= 15 is 0 Å². The molecule has 3 heteroatoms. The molecule has 0 saturated heterocycles. The van der Waals surface area contributed by atoms with Crippen molar-refractivity contribution < 1.29 is 9.47 Å². The summed E-state index contributed by atoms with van der Waals surface area (Å²) >= 11 is 0. The van der Waals surface area contributed by atoms with Crippen molar-refractivity contribution in [3.63, 3.8) is 0 Å². The summed E-state index contributed by atoms with van der Waals surface area (Å²) in [5, 5.41) is 0. The number of nitrogens with two attached hydrogens (primary N) is 1. The highest BCUT2D eigenvalue weighted by atomic mass is 16.5. The van der Waals surface area contributed by atoms with Gasteiger partial charge in [-0.1, -0.05) is 18.9 Å². The summed E-state index contributed by atoms with van der Waals surface area (Å²) in [6.07, 6.45) is 10.2. The topological polar surface area (TPSA) is 44.5 Å². The first-order chi connectivity index (χ1) is 10.3. The molecule has 0 radical (unpaired) electrons. The average molecular weight is 289 g/mol. The molecule has 0 aliphatic heterocycles. The maximum Gasteiger partial charge on any atom is 0.161 e. The standard InChI is InChI=1S/C18H27NO2/c1-20-17-12-14(18(13-19)10-4-5-11-18)8-9-16(17)21-15-6-2-3-7-15/h8-9,12,15H,2-7,10-11,13,19H2,1H3. The Kier molecular flexibility index (Phi) is 4.39. The van der Waals surface area contributed by atoms with E-state index in [4.69, 9.17) is 15.2 Å². The highest BCUT2D eigenvalue weighted by molar-refractivity contribution is 5.46. The van der Waals surface area contributed by atoms with Crippen molar-refractivity contribution in [1.29, 1.82) is 0 Å². The predicted molar refractivity (Wildman–Crippen MR) is 85.1 cm³/mol. The quantitative estimate of drug-likeness (QED) is 0.897. The van der Waals surface area contributed by atoms with Crippen LogP contribution in [0, 0.1) is 0 Å². The summed E-state index contributed by atoms with van der Waals surface area (Å²) in [6, 6.07) is 6.44. The van der Waals surface area contributed by atoms with Crippen molar-refractivity contribution in [3.8, 4) is 11.5 Å². The summed E-state index contributed by atoms with van der Waals surface area (Å²) in [7, 11) is 1.73. The smallest absolute Gasteiger partial charge is 0.161 e. The molecule has 0 atom stereocenters. The first-order valence-corrected chi connectivity index (χ1v) is 8.33. The van der Waals surface area contributed by atoms with Gasteiger partial charge in [0.2, 0.25) is 0 Å². The van der Waals surface area contributed by atoms with Gasteiger partial charge in [0.25, 0.3) is 0 Å². The van der Waals surface area contributed by atoms with E-state index in [9.17, 15) is 0 Å². The highest BCUT2D eigenvalue weighted by Gasteiger charge is 2.35. The second-order valence-electron chi connectivity index (χ2n) is 6.58. The van der Waals surface area contributed by atoms with E-state index in [-0.39, 0.29) is 5.41 Å². The molecule has 2 N–H and O–H groups in total. The van der Waals surface area contributed by atoms with Gasteiger partial charge in [0.15, 0.2) is 11.5 Å². The van der Waals surface area contributed by atoms with Crippen molar-refractivity contribution in [2.24, 2.45) is 5.73 Å². The van der Waals surface area contributed by atoms with E-state index in [2.05, 4.69) is 18.2 Å². The first kappa shape index (κ1) is 14.7. The summed E-state index contributed by atoms with van der Waals surface area (Å²) in [5.41, 5.74) is 7.56. The van der Waals surface area contributed by atoms with Crippen LogP contribution in [0.15, 0.2) is 18.2 Å². The summed E-state index contributed by atoms with van der Waals surface area (Å²) in [5.74, 6) is 1.75. The van der Waals surface area contributed by atoms with Crippen molar-refractivity contribution >= 4 is 0 Å². The Bertz CT molecular complexity index is 474. The summed E-state index contributed by atoms with van der Waals surface area (Å²) < 4.78 is 11.7. The van der Waals surface area contributed by atoms with E-state index < -0.39 is 0 Å². The van der Waals surface area contributed by atoms with Gasteiger partial charge in [0.05, 0.1) is 13.2 Å². The molecule has 0 aromatic heterocycles. The van der Waals surface area contributed by atoms with Crippen LogP contribution >= 0.6 is 0 Å². The highest BCUT2D eigenvalue weighted by Crippen LogP contribution is 2.43. The van der Waals surface area contributed by atoms with Gasteiger partial charge in [0.1, 0.15) is 0 Å². The third-order valence-electron chi connectivity index (χ3n) is 5.32. The summed E-state index contributed by atoms with van der Waals surface area (Å²) in [4.78, 5) is 0. The van der Waals surface area contributed by atoms with E-state index in [0.29, 0.717) is 6.10 Å². The Balaban J connectivity index is 1.84. The Hall–Kier alpha value is -1.22. The van der Waals surface area contributed by atoms with E-state index in [1.807, 2.05) is 0 Å². The molecule has 2 aliphatic carbocycles. The van der Waals surface area contributed by atoms with Gasteiger partial charge in [-0.25, -0.2) is 0 Å². The molecule has 3 rings (SSSR count). The van der Waals surface area contributed by atoms with Crippen LogP contribution in [0.5, 0.6) is 11.5 Å². The fourth-order valence-corrected chi connectivity index (χ4v) is 3.94. The molecule has 0 spiro atoms. The van der Waals surface area contributed by atoms with Gasteiger partial charge in [-0.15, -0.1) is 0 Å². The van der Waals surface area contributed by atoms with Crippen molar-refractivity contribution in [3.05, 3.63) is 23.8 Å². The lowest BCUT2D eigenvalue weighted by Gasteiger charge is -2.29. The fraction of sp³-hybridized carbons (Fsp3) is 0.667. The van der Waals surface area contributed by atoms with Crippen molar-refractivity contribution in [1.82, 2.24) is 0 Å². The lowest BCUT2D eigenvalue weighted by molar-refractivity contribution is 0.200. The van der Waals surface area contributed by atoms with Gasteiger partial charge in [0, 0.05) is 12.0 Å². The molecule has 0 unspecified atom stereocenters. The van der Waals surface area contributed by atoms with Crippen LogP contribution in [0.1, 0.15) is 56.9 Å². The normalized spacial score (nSPS) is 21.6. The number of benzene rings is 1. The largest absolute Gasteiger partial charge is 0.493 e. The second-order valence-corrected chi connectivity index (χ2v) is 6.58. The SMILES string of the molecule is COc1cc(C2(CN)CCCC2)ccc1OC1CCCC1. The van der Waals surface area contributed by atoms with E-state index in [1.165, 1.54) is 44.1 Å². The molecule has 2 fully saturated rings. The van der Waals surface area contributed by atoms with Gasteiger partial charge in [-0.2, -0.15) is 0 Å².